The van der Waals surface area contributed by atoms with Crippen molar-refractivity contribution in [2.24, 2.45) is 0 Å². The Morgan fingerprint density at radius 2 is 1.40 bits per heavy atom. The van der Waals surface area contributed by atoms with E-state index < -0.39 is 11.6 Å². The van der Waals surface area contributed by atoms with Crippen LogP contribution in [0.1, 0.15) is 20.7 Å². The van der Waals surface area contributed by atoms with Gasteiger partial charge in [-0.2, -0.15) is 0 Å². The third-order valence-electron chi connectivity index (χ3n) is 2.64. The van der Waals surface area contributed by atoms with Gasteiger partial charge in [0.05, 0.1) is 4.47 Å². The fraction of sp³-hybridized carbons (Fsp3) is 0. The molecule has 2 N–H and O–H groups in total. The Morgan fingerprint density at radius 1 is 0.800 bits per heavy atom. The first kappa shape index (κ1) is 14.7. The van der Waals surface area contributed by atoms with Crippen LogP contribution in [0, 0.1) is 0 Å². The minimum absolute atomic E-state index is 0.0163. The van der Waals surface area contributed by atoms with Crippen LogP contribution >= 0.6 is 31.9 Å². The molecule has 0 spiro atoms. The van der Waals surface area contributed by atoms with Crippen molar-refractivity contribution in [3.05, 3.63) is 56.5 Å². The standard InChI is InChI=1S/C14H8Br2O4/c15-11-9(5-6-10(18)12(11)16)14(20)13(19)7-1-3-8(17)4-2-7/h1-6,17-18H. The number of aromatic hydroxyl groups is 2. The summed E-state index contributed by atoms with van der Waals surface area (Å²) in [6.07, 6.45) is 0. The molecular formula is C14H8Br2O4. The summed E-state index contributed by atoms with van der Waals surface area (Å²) < 4.78 is 0.622. The number of phenols is 2. The maximum Gasteiger partial charge on any atom is 0.234 e. The highest BCUT2D eigenvalue weighted by molar-refractivity contribution is 9.13. The molecule has 0 aliphatic rings. The summed E-state index contributed by atoms with van der Waals surface area (Å²) >= 11 is 6.28. The van der Waals surface area contributed by atoms with Gasteiger partial charge in [-0.25, -0.2) is 0 Å². The maximum absolute atomic E-state index is 12.2. The summed E-state index contributed by atoms with van der Waals surface area (Å²) in [5.74, 6) is -1.42. The third-order valence-corrected chi connectivity index (χ3v) is 4.80. The minimum Gasteiger partial charge on any atom is -0.508 e. The van der Waals surface area contributed by atoms with E-state index >= 15 is 0 Å². The average molecular weight is 400 g/mol. The molecule has 0 amide bonds. The van der Waals surface area contributed by atoms with Gasteiger partial charge in [0.25, 0.3) is 0 Å². The molecule has 0 bridgehead atoms. The zero-order chi connectivity index (χ0) is 14.9. The van der Waals surface area contributed by atoms with Gasteiger partial charge in [-0.15, -0.1) is 0 Å². The Morgan fingerprint density at radius 3 is 2.00 bits per heavy atom. The quantitative estimate of drug-likeness (QED) is 0.609. The second-order valence-electron chi connectivity index (χ2n) is 3.97. The molecule has 0 aliphatic heterocycles. The first-order valence-corrected chi connectivity index (χ1v) is 7.05. The zero-order valence-corrected chi connectivity index (χ0v) is 13.1. The van der Waals surface area contributed by atoms with Crippen LogP contribution in [-0.4, -0.2) is 21.8 Å². The number of benzene rings is 2. The first-order chi connectivity index (χ1) is 9.41. The monoisotopic (exact) mass is 398 g/mol. The SMILES string of the molecule is O=C(C(=O)c1ccc(O)c(Br)c1Br)c1ccc(O)cc1. The van der Waals surface area contributed by atoms with E-state index in [0.29, 0.717) is 8.95 Å². The van der Waals surface area contributed by atoms with Crippen LogP contribution < -0.4 is 0 Å². The summed E-state index contributed by atoms with van der Waals surface area (Å²) in [4.78, 5) is 24.2. The van der Waals surface area contributed by atoms with Gasteiger partial charge in [0, 0.05) is 15.6 Å². The molecule has 0 saturated carbocycles. The second kappa shape index (κ2) is 5.76. The fourth-order valence-corrected chi connectivity index (χ4v) is 2.44. The molecule has 0 atom stereocenters. The number of carbonyl (C=O) groups excluding carboxylic acids is 2. The summed E-state index contributed by atoms with van der Waals surface area (Å²) in [5.41, 5.74) is 0.330. The molecule has 4 nitrogen and oxygen atoms in total. The molecule has 2 aromatic carbocycles. The van der Waals surface area contributed by atoms with E-state index in [1.807, 2.05) is 0 Å². The Labute approximate surface area is 131 Å². The normalized spacial score (nSPS) is 10.3. The Kier molecular flexibility index (Phi) is 4.25. The molecule has 2 aromatic rings. The summed E-state index contributed by atoms with van der Waals surface area (Å²) in [6, 6.07) is 8.11. The van der Waals surface area contributed by atoms with Crippen molar-refractivity contribution < 1.29 is 19.8 Å². The van der Waals surface area contributed by atoms with Gasteiger partial charge in [-0.3, -0.25) is 9.59 Å². The van der Waals surface area contributed by atoms with E-state index in [-0.39, 0.29) is 22.6 Å². The fourth-order valence-electron chi connectivity index (χ4n) is 1.58. The predicted molar refractivity (Wildman–Crippen MR) is 80.3 cm³/mol. The van der Waals surface area contributed by atoms with Crippen molar-refractivity contribution >= 4 is 43.4 Å². The molecule has 6 heteroatoms. The highest BCUT2D eigenvalue weighted by Crippen LogP contribution is 2.34. The van der Waals surface area contributed by atoms with Crippen molar-refractivity contribution in [3.63, 3.8) is 0 Å². The maximum atomic E-state index is 12.2. The number of hydrogen-bond acceptors (Lipinski definition) is 4. The number of ketones is 2. The van der Waals surface area contributed by atoms with Gasteiger partial charge >= 0.3 is 0 Å². The van der Waals surface area contributed by atoms with Gasteiger partial charge in [0.15, 0.2) is 0 Å². The smallest absolute Gasteiger partial charge is 0.234 e. The van der Waals surface area contributed by atoms with Gasteiger partial charge in [-0.05, 0) is 68.3 Å². The van der Waals surface area contributed by atoms with Gasteiger partial charge in [0.2, 0.25) is 11.6 Å². The molecule has 0 aliphatic carbocycles. The number of carbonyl (C=O) groups is 2. The van der Waals surface area contributed by atoms with Crippen LogP contribution in [0.3, 0.4) is 0 Å². The van der Waals surface area contributed by atoms with E-state index in [2.05, 4.69) is 31.9 Å². The van der Waals surface area contributed by atoms with E-state index in [9.17, 15) is 14.7 Å². The third kappa shape index (κ3) is 2.76. The molecule has 2 rings (SSSR count). The van der Waals surface area contributed by atoms with E-state index in [1.165, 1.54) is 36.4 Å². The second-order valence-corrected chi connectivity index (χ2v) is 5.55. The molecule has 0 saturated heterocycles. The van der Waals surface area contributed by atoms with Crippen molar-refractivity contribution in [2.75, 3.05) is 0 Å². The summed E-state index contributed by atoms with van der Waals surface area (Å²) in [6.45, 7) is 0. The minimum atomic E-state index is -0.705. The number of Topliss-reactive ketones (excluding diaryl/α,β-unsaturated/α-hetero) is 2. The molecule has 20 heavy (non-hydrogen) atoms. The lowest BCUT2D eigenvalue weighted by Gasteiger charge is -2.06. The van der Waals surface area contributed by atoms with Crippen molar-refractivity contribution in [1.82, 2.24) is 0 Å². The van der Waals surface area contributed by atoms with Crippen molar-refractivity contribution in [2.45, 2.75) is 0 Å². The molecule has 0 fully saturated rings. The van der Waals surface area contributed by atoms with E-state index in [4.69, 9.17) is 5.11 Å². The van der Waals surface area contributed by atoms with Crippen molar-refractivity contribution in [1.29, 1.82) is 0 Å². The van der Waals surface area contributed by atoms with Crippen LogP contribution in [0.4, 0.5) is 0 Å². The highest BCUT2D eigenvalue weighted by atomic mass is 79.9. The number of phenolic OH excluding ortho intramolecular Hbond substituents is 2. The lowest BCUT2D eigenvalue weighted by molar-refractivity contribution is 0.0816. The molecule has 0 heterocycles. The molecule has 102 valence electrons. The van der Waals surface area contributed by atoms with Gasteiger partial charge in [-0.1, -0.05) is 0 Å². The number of halogens is 2. The molecule has 0 aromatic heterocycles. The van der Waals surface area contributed by atoms with Gasteiger partial charge < -0.3 is 10.2 Å². The predicted octanol–water partition coefficient (Wildman–Crippen LogP) is 3.69. The Bertz CT molecular complexity index is 693. The highest BCUT2D eigenvalue weighted by Gasteiger charge is 2.22. The van der Waals surface area contributed by atoms with Crippen LogP contribution in [0.2, 0.25) is 0 Å². The van der Waals surface area contributed by atoms with Crippen molar-refractivity contribution in [3.8, 4) is 11.5 Å². The molecule has 0 radical (unpaired) electrons. The zero-order valence-electron chi connectivity index (χ0n) is 9.93. The lowest BCUT2D eigenvalue weighted by Crippen LogP contribution is -2.15. The summed E-state index contributed by atoms with van der Waals surface area (Å²) in [7, 11) is 0. The van der Waals surface area contributed by atoms with Crippen LogP contribution in [0.25, 0.3) is 0 Å². The van der Waals surface area contributed by atoms with Crippen LogP contribution in [-0.2, 0) is 0 Å². The molecule has 0 unspecified atom stereocenters. The molecular weight excluding hydrogens is 392 g/mol. The summed E-state index contributed by atoms with van der Waals surface area (Å²) in [5, 5.41) is 18.7. The van der Waals surface area contributed by atoms with Crippen LogP contribution in [0.5, 0.6) is 11.5 Å². The average Bonchev–Trinajstić information content (AvgIpc) is 2.44. The number of rotatable bonds is 3. The van der Waals surface area contributed by atoms with Gasteiger partial charge in [0.1, 0.15) is 11.5 Å². The Balaban J connectivity index is 2.39. The van der Waals surface area contributed by atoms with E-state index in [0.717, 1.165) is 0 Å². The van der Waals surface area contributed by atoms with Crippen LogP contribution in [0.15, 0.2) is 45.3 Å². The number of hydrogen-bond donors (Lipinski definition) is 2. The largest absolute Gasteiger partial charge is 0.508 e. The lowest BCUT2D eigenvalue weighted by atomic mass is 10.0. The van der Waals surface area contributed by atoms with E-state index in [1.54, 1.807) is 0 Å². The topological polar surface area (TPSA) is 74.6 Å². The first-order valence-electron chi connectivity index (χ1n) is 5.47. The Hall–Kier alpha value is -1.66.